The molecule has 0 saturated heterocycles. The van der Waals surface area contributed by atoms with Crippen molar-refractivity contribution in [3.63, 3.8) is 0 Å². The molecule has 0 radical (unpaired) electrons. The topological polar surface area (TPSA) is 38.0 Å². The van der Waals surface area contributed by atoms with E-state index in [-0.39, 0.29) is 15.9 Å². The van der Waals surface area contributed by atoms with E-state index in [2.05, 4.69) is 42.1 Å². The molecular formula is C14H20BrF3N2. The summed E-state index contributed by atoms with van der Waals surface area (Å²) in [5.74, 6) is 5.49. The molecule has 0 aliphatic carbocycles. The second-order valence-electron chi connectivity index (χ2n) is 6.06. The van der Waals surface area contributed by atoms with E-state index in [9.17, 15) is 13.2 Å². The molecule has 0 saturated carbocycles. The summed E-state index contributed by atoms with van der Waals surface area (Å²) in [6.45, 7) is 6.26. The molecule has 0 amide bonds. The highest BCUT2D eigenvalue weighted by Gasteiger charge is 2.33. The van der Waals surface area contributed by atoms with Crippen molar-refractivity contribution in [3.8, 4) is 0 Å². The van der Waals surface area contributed by atoms with Crippen molar-refractivity contribution in [2.75, 3.05) is 0 Å². The molecule has 1 unspecified atom stereocenters. The Bertz CT molecular complexity index is 453. The number of nitrogens with one attached hydrogen (secondary N) is 1. The Hall–Kier alpha value is -0.590. The Balaban J connectivity index is 2.99. The predicted molar refractivity (Wildman–Crippen MR) is 77.9 cm³/mol. The first-order chi connectivity index (χ1) is 9.04. The van der Waals surface area contributed by atoms with Crippen molar-refractivity contribution in [1.29, 1.82) is 0 Å². The minimum absolute atomic E-state index is 0.0420. The fourth-order valence-corrected chi connectivity index (χ4v) is 2.37. The summed E-state index contributed by atoms with van der Waals surface area (Å²) in [5, 5.41) is 0. The minimum atomic E-state index is -4.38. The summed E-state index contributed by atoms with van der Waals surface area (Å²) in [4.78, 5) is 0. The van der Waals surface area contributed by atoms with Crippen molar-refractivity contribution in [3.05, 3.63) is 33.8 Å². The highest BCUT2D eigenvalue weighted by Crippen LogP contribution is 2.37. The smallest absolute Gasteiger partial charge is 0.271 e. The minimum Gasteiger partial charge on any atom is -0.271 e. The van der Waals surface area contributed by atoms with Gasteiger partial charge < -0.3 is 0 Å². The Kier molecular flexibility index (Phi) is 5.63. The van der Waals surface area contributed by atoms with E-state index in [0.29, 0.717) is 12.0 Å². The molecule has 0 bridgehead atoms. The van der Waals surface area contributed by atoms with Gasteiger partial charge in [0.2, 0.25) is 0 Å². The monoisotopic (exact) mass is 352 g/mol. The Morgan fingerprint density at radius 1 is 1.25 bits per heavy atom. The molecule has 0 aliphatic rings. The van der Waals surface area contributed by atoms with Crippen molar-refractivity contribution in [2.45, 2.75) is 45.8 Å². The Labute approximate surface area is 126 Å². The third-order valence-corrected chi connectivity index (χ3v) is 3.77. The summed E-state index contributed by atoms with van der Waals surface area (Å²) in [6, 6.07) is 3.94. The van der Waals surface area contributed by atoms with Gasteiger partial charge in [-0.3, -0.25) is 11.3 Å². The first-order valence-electron chi connectivity index (χ1n) is 6.37. The molecule has 0 fully saturated rings. The summed E-state index contributed by atoms with van der Waals surface area (Å²) in [6.07, 6.45) is -2.84. The second-order valence-corrected chi connectivity index (χ2v) is 6.91. The number of nitrogens with two attached hydrogens (primary N) is 1. The van der Waals surface area contributed by atoms with Gasteiger partial charge in [-0.15, -0.1) is 0 Å². The molecule has 114 valence electrons. The van der Waals surface area contributed by atoms with Crippen molar-refractivity contribution >= 4 is 15.9 Å². The van der Waals surface area contributed by atoms with Gasteiger partial charge in [0.1, 0.15) is 0 Å². The maximum Gasteiger partial charge on any atom is 0.417 e. The van der Waals surface area contributed by atoms with Gasteiger partial charge in [0.15, 0.2) is 0 Å². The zero-order valence-corrected chi connectivity index (χ0v) is 13.4. The SMILES string of the molecule is CC(C)(C)CCC(NN)c1ccc(Br)c(C(F)(F)F)c1. The summed E-state index contributed by atoms with van der Waals surface area (Å²) >= 11 is 2.94. The van der Waals surface area contributed by atoms with Gasteiger partial charge in [-0.2, -0.15) is 13.2 Å². The van der Waals surface area contributed by atoms with Crippen molar-refractivity contribution in [1.82, 2.24) is 5.43 Å². The van der Waals surface area contributed by atoms with Gasteiger partial charge in [-0.05, 0) is 36.0 Å². The number of halogens is 4. The van der Waals surface area contributed by atoms with Gasteiger partial charge in [-0.25, -0.2) is 0 Å². The van der Waals surface area contributed by atoms with Crippen LogP contribution in [0.5, 0.6) is 0 Å². The van der Waals surface area contributed by atoms with Gasteiger partial charge >= 0.3 is 6.18 Å². The largest absolute Gasteiger partial charge is 0.417 e. The maximum atomic E-state index is 12.9. The first kappa shape index (κ1) is 17.5. The average molecular weight is 353 g/mol. The molecule has 6 heteroatoms. The quantitative estimate of drug-likeness (QED) is 0.603. The molecule has 1 aromatic carbocycles. The molecular weight excluding hydrogens is 333 g/mol. The van der Waals surface area contributed by atoms with Crippen LogP contribution in [0.2, 0.25) is 0 Å². The van der Waals surface area contributed by atoms with E-state index >= 15 is 0 Å². The predicted octanol–water partition coefficient (Wildman–Crippen LogP) is 4.80. The fourth-order valence-electron chi connectivity index (χ4n) is 1.90. The van der Waals surface area contributed by atoms with Gasteiger partial charge in [0.25, 0.3) is 0 Å². The molecule has 0 heterocycles. The van der Waals surface area contributed by atoms with Crippen molar-refractivity contribution < 1.29 is 13.2 Å². The highest BCUT2D eigenvalue weighted by atomic mass is 79.9. The van der Waals surface area contributed by atoms with E-state index in [0.717, 1.165) is 12.5 Å². The molecule has 1 atom stereocenters. The zero-order valence-electron chi connectivity index (χ0n) is 11.8. The zero-order chi connectivity index (χ0) is 15.6. The molecule has 0 aromatic heterocycles. The van der Waals surface area contributed by atoms with Crippen molar-refractivity contribution in [2.24, 2.45) is 11.3 Å². The summed E-state index contributed by atoms with van der Waals surface area (Å²) < 4.78 is 38.7. The maximum absolute atomic E-state index is 12.9. The molecule has 0 spiro atoms. The van der Waals surface area contributed by atoms with Crippen LogP contribution in [-0.4, -0.2) is 0 Å². The van der Waals surface area contributed by atoms with Crippen LogP contribution in [0.1, 0.15) is 50.8 Å². The third kappa shape index (κ3) is 5.07. The Morgan fingerprint density at radius 3 is 2.30 bits per heavy atom. The normalized spacial score (nSPS) is 14.4. The molecule has 1 rings (SSSR count). The van der Waals surface area contributed by atoms with E-state index in [1.165, 1.54) is 6.07 Å². The van der Waals surface area contributed by atoms with E-state index in [1.54, 1.807) is 6.07 Å². The number of benzene rings is 1. The van der Waals surface area contributed by atoms with E-state index < -0.39 is 11.7 Å². The number of hydrogen-bond acceptors (Lipinski definition) is 2. The lowest BCUT2D eigenvalue weighted by atomic mass is 9.87. The highest BCUT2D eigenvalue weighted by molar-refractivity contribution is 9.10. The van der Waals surface area contributed by atoms with E-state index in [1.807, 2.05) is 0 Å². The van der Waals surface area contributed by atoms with Crippen LogP contribution in [0, 0.1) is 5.41 Å². The third-order valence-electron chi connectivity index (χ3n) is 3.08. The number of hydrogen-bond donors (Lipinski definition) is 2. The lowest BCUT2D eigenvalue weighted by Crippen LogP contribution is -2.29. The number of alkyl halides is 3. The van der Waals surface area contributed by atoms with Gasteiger partial charge in [0.05, 0.1) is 5.56 Å². The standard InChI is InChI=1S/C14H20BrF3N2/c1-13(2,3)7-6-12(20-19)9-4-5-11(15)10(8-9)14(16,17)18/h4-5,8,12,20H,6-7,19H2,1-3H3. The van der Waals surface area contributed by atoms with Gasteiger partial charge in [0, 0.05) is 10.5 Å². The van der Waals surface area contributed by atoms with Crippen LogP contribution in [0.3, 0.4) is 0 Å². The van der Waals surface area contributed by atoms with Crippen LogP contribution >= 0.6 is 15.9 Å². The Morgan fingerprint density at radius 2 is 1.85 bits per heavy atom. The lowest BCUT2D eigenvalue weighted by Gasteiger charge is -2.23. The van der Waals surface area contributed by atoms with E-state index in [4.69, 9.17) is 5.84 Å². The molecule has 2 nitrogen and oxygen atoms in total. The summed E-state index contributed by atoms with van der Waals surface area (Å²) in [7, 11) is 0. The van der Waals surface area contributed by atoms with Crippen LogP contribution in [-0.2, 0) is 6.18 Å². The number of rotatable bonds is 4. The van der Waals surface area contributed by atoms with Crippen LogP contribution in [0.4, 0.5) is 13.2 Å². The first-order valence-corrected chi connectivity index (χ1v) is 7.16. The fraction of sp³-hybridized carbons (Fsp3) is 0.571. The van der Waals surface area contributed by atoms with Crippen LogP contribution in [0.15, 0.2) is 22.7 Å². The summed E-state index contributed by atoms with van der Waals surface area (Å²) in [5.41, 5.74) is 2.59. The number of hydrazine groups is 1. The molecule has 3 N–H and O–H groups in total. The second kappa shape index (κ2) is 6.45. The van der Waals surface area contributed by atoms with Crippen LogP contribution < -0.4 is 11.3 Å². The molecule has 20 heavy (non-hydrogen) atoms. The van der Waals surface area contributed by atoms with Gasteiger partial charge in [-0.1, -0.05) is 42.8 Å². The van der Waals surface area contributed by atoms with Crippen LogP contribution in [0.25, 0.3) is 0 Å². The molecule has 1 aromatic rings. The molecule has 0 aliphatic heterocycles. The lowest BCUT2D eigenvalue weighted by molar-refractivity contribution is -0.138. The average Bonchev–Trinajstić information content (AvgIpc) is 2.28.